The van der Waals surface area contributed by atoms with Crippen molar-refractivity contribution in [1.82, 2.24) is 24.4 Å². The number of amides is 1. The minimum atomic E-state index is -3.12. The fourth-order valence-electron chi connectivity index (χ4n) is 6.43. The van der Waals surface area contributed by atoms with Crippen LogP contribution in [0.15, 0.2) is 52.3 Å². The van der Waals surface area contributed by atoms with Crippen molar-refractivity contribution >= 4 is 62.4 Å². The first-order chi connectivity index (χ1) is 23.0. The molecule has 3 aliphatic rings. The Morgan fingerprint density at radius 2 is 1.62 bits per heavy atom. The number of halogens is 2. The summed E-state index contributed by atoms with van der Waals surface area (Å²) in [7, 11) is -0.628. The summed E-state index contributed by atoms with van der Waals surface area (Å²) in [6, 6.07) is 4.91. The molecule has 2 fully saturated rings. The number of benzene rings is 1. The lowest BCUT2D eigenvalue weighted by molar-refractivity contribution is -0.137. The van der Waals surface area contributed by atoms with Gasteiger partial charge in [-0.3, -0.25) is 9.69 Å². The van der Waals surface area contributed by atoms with Crippen molar-refractivity contribution in [3.63, 3.8) is 0 Å². The molecule has 0 bridgehead atoms. The van der Waals surface area contributed by atoms with Gasteiger partial charge in [-0.05, 0) is 37.9 Å². The van der Waals surface area contributed by atoms with E-state index in [9.17, 15) is 22.8 Å². The lowest BCUT2D eigenvalue weighted by atomic mass is 9.78. The third kappa shape index (κ3) is 8.23. The fourth-order valence-corrected chi connectivity index (χ4v) is 9.23. The van der Waals surface area contributed by atoms with Crippen molar-refractivity contribution in [2.24, 2.45) is 0 Å². The topological polar surface area (TPSA) is 138 Å². The van der Waals surface area contributed by atoms with Gasteiger partial charge in [-0.25, -0.2) is 27.3 Å². The Morgan fingerprint density at radius 1 is 0.958 bits per heavy atom. The number of esters is 2. The molecule has 48 heavy (non-hydrogen) atoms. The van der Waals surface area contributed by atoms with Gasteiger partial charge in [0.25, 0.3) is 0 Å². The quantitative estimate of drug-likeness (QED) is 0.322. The molecule has 1 aromatic heterocycles. The SMILES string of the molecule is COC(=O)C1=C(CCc2nccs2)NC(CC(=O)N2CCN(CCCN3CCCS3(=O)=O)CC2)=C(C(=O)OC)C1c1c(Cl)cccc1Cl. The first kappa shape index (κ1) is 36.3. The molecule has 0 saturated carbocycles. The van der Waals surface area contributed by atoms with E-state index in [1.165, 1.54) is 25.6 Å². The minimum absolute atomic E-state index is 0.0507. The molecule has 16 heteroatoms. The van der Waals surface area contributed by atoms with Gasteiger partial charge in [-0.2, -0.15) is 0 Å². The number of hydrogen-bond donors (Lipinski definition) is 1. The molecule has 1 amide bonds. The van der Waals surface area contributed by atoms with Gasteiger partial charge in [0, 0.05) is 84.3 Å². The maximum absolute atomic E-state index is 13.8. The van der Waals surface area contributed by atoms with Gasteiger partial charge >= 0.3 is 11.9 Å². The van der Waals surface area contributed by atoms with Crippen LogP contribution in [0.25, 0.3) is 0 Å². The van der Waals surface area contributed by atoms with Crippen molar-refractivity contribution in [2.45, 2.75) is 38.0 Å². The number of nitrogens with one attached hydrogen (secondary N) is 1. The number of carbonyl (C=O) groups excluding carboxylic acids is 3. The number of ether oxygens (including phenoxy) is 2. The van der Waals surface area contributed by atoms with Crippen LogP contribution in [-0.2, 0) is 40.3 Å². The van der Waals surface area contributed by atoms with E-state index in [-0.39, 0.29) is 39.3 Å². The number of thiazole rings is 1. The van der Waals surface area contributed by atoms with E-state index < -0.39 is 27.9 Å². The van der Waals surface area contributed by atoms with Crippen molar-refractivity contribution in [3.8, 4) is 0 Å². The first-order valence-electron chi connectivity index (χ1n) is 15.7. The summed E-state index contributed by atoms with van der Waals surface area (Å²) < 4.78 is 36.2. The van der Waals surface area contributed by atoms with Crippen LogP contribution in [0.3, 0.4) is 0 Å². The molecule has 260 valence electrons. The fraction of sp³-hybridized carbons (Fsp3) is 0.500. The maximum atomic E-state index is 13.8. The molecule has 4 heterocycles. The number of sulfonamides is 1. The molecule has 2 aromatic rings. The Labute approximate surface area is 294 Å². The normalized spacial score (nSPS) is 20.2. The zero-order valence-corrected chi connectivity index (χ0v) is 30.0. The zero-order chi connectivity index (χ0) is 34.4. The Hall–Kier alpha value is -3.01. The van der Waals surface area contributed by atoms with E-state index in [0.29, 0.717) is 75.5 Å². The molecular formula is C32H39Cl2N5O7S2. The highest BCUT2D eigenvalue weighted by atomic mass is 35.5. The third-order valence-corrected chi connectivity index (χ3v) is 12.3. The highest BCUT2D eigenvalue weighted by Crippen LogP contribution is 2.46. The lowest BCUT2D eigenvalue weighted by Crippen LogP contribution is -2.49. The second-order valence-corrected chi connectivity index (χ2v) is 15.6. The number of carbonyl (C=O) groups is 3. The summed E-state index contributed by atoms with van der Waals surface area (Å²) in [5.74, 6) is -2.47. The Bertz CT molecular complexity index is 1670. The van der Waals surface area contributed by atoms with Crippen LogP contribution >= 0.6 is 34.5 Å². The summed E-state index contributed by atoms with van der Waals surface area (Å²) in [5, 5.41) is 6.45. The van der Waals surface area contributed by atoms with Crippen molar-refractivity contribution in [2.75, 3.05) is 65.8 Å². The third-order valence-electron chi connectivity index (χ3n) is 8.84. The Kier molecular flexibility index (Phi) is 12.2. The van der Waals surface area contributed by atoms with Crippen molar-refractivity contribution < 1.29 is 32.3 Å². The van der Waals surface area contributed by atoms with E-state index in [1.54, 1.807) is 33.6 Å². The maximum Gasteiger partial charge on any atom is 0.336 e. The zero-order valence-electron chi connectivity index (χ0n) is 26.9. The molecule has 2 saturated heterocycles. The van der Waals surface area contributed by atoms with E-state index in [0.717, 1.165) is 18.0 Å². The number of hydrogen-bond acceptors (Lipinski definition) is 11. The Balaban J connectivity index is 1.39. The second kappa shape index (κ2) is 16.1. The van der Waals surface area contributed by atoms with Crippen LogP contribution in [0, 0.1) is 0 Å². The minimum Gasteiger partial charge on any atom is -0.466 e. The van der Waals surface area contributed by atoms with Gasteiger partial charge in [-0.1, -0.05) is 29.3 Å². The molecule has 0 radical (unpaired) electrons. The monoisotopic (exact) mass is 739 g/mol. The number of aryl methyl sites for hydroxylation is 1. The van der Waals surface area contributed by atoms with Gasteiger partial charge in [-0.15, -0.1) is 11.3 Å². The smallest absolute Gasteiger partial charge is 0.336 e. The predicted molar refractivity (Wildman–Crippen MR) is 183 cm³/mol. The largest absolute Gasteiger partial charge is 0.466 e. The summed E-state index contributed by atoms with van der Waals surface area (Å²) in [5.41, 5.74) is 1.29. The average Bonchev–Trinajstić information content (AvgIpc) is 3.72. The highest BCUT2D eigenvalue weighted by molar-refractivity contribution is 7.89. The molecule has 5 rings (SSSR count). The lowest BCUT2D eigenvalue weighted by Gasteiger charge is -2.36. The molecule has 12 nitrogen and oxygen atoms in total. The Morgan fingerprint density at radius 3 is 2.21 bits per heavy atom. The summed E-state index contributed by atoms with van der Waals surface area (Å²) >= 11 is 14.9. The molecule has 1 atom stereocenters. The van der Waals surface area contributed by atoms with Crippen LogP contribution in [0.2, 0.25) is 10.0 Å². The second-order valence-electron chi connectivity index (χ2n) is 11.7. The summed E-state index contributed by atoms with van der Waals surface area (Å²) in [6.07, 6.45) is 3.75. The first-order valence-corrected chi connectivity index (χ1v) is 19.0. The van der Waals surface area contributed by atoms with Crippen molar-refractivity contribution in [3.05, 3.63) is 72.9 Å². The number of rotatable bonds is 12. The molecule has 0 spiro atoms. The van der Waals surface area contributed by atoms with E-state index in [1.807, 2.05) is 5.38 Å². The molecule has 3 aliphatic heterocycles. The van der Waals surface area contributed by atoms with E-state index in [2.05, 4.69) is 15.2 Å². The summed E-state index contributed by atoms with van der Waals surface area (Å²) in [4.78, 5) is 49.2. The van der Waals surface area contributed by atoms with Crippen LogP contribution < -0.4 is 5.32 Å². The number of aromatic nitrogens is 1. The molecule has 1 N–H and O–H groups in total. The molecule has 1 unspecified atom stereocenters. The molecular weight excluding hydrogens is 701 g/mol. The molecule has 0 aliphatic carbocycles. The number of allylic oxidation sites excluding steroid dienone is 1. The van der Waals surface area contributed by atoms with Crippen LogP contribution in [0.1, 0.15) is 42.2 Å². The van der Waals surface area contributed by atoms with Crippen LogP contribution in [-0.4, -0.2) is 111 Å². The number of methoxy groups -OCH3 is 2. The highest BCUT2D eigenvalue weighted by Gasteiger charge is 2.42. The number of dihydropyridines is 1. The van der Waals surface area contributed by atoms with Gasteiger partial charge in [0.05, 0.1) is 48.5 Å². The molecule has 1 aromatic carbocycles. The van der Waals surface area contributed by atoms with Gasteiger partial charge < -0.3 is 19.7 Å². The van der Waals surface area contributed by atoms with Crippen molar-refractivity contribution in [1.29, 1.82) is 0 Å². The van der Waals surface area contributed by atoms with E-state index in [4.69, 9.17) is 32.7 Å². The van der Waals surface area contributed by atoms with E-state index >= 15 is 0 Å². The van der Waals surface area contributed by atoms with Crippen LogP contribution in [0.4, 0.5) is 0 Å². The number of nitrogens with zero attached hydrogens (tertiary/aromatic N) is 4. The van der Waals surface area contributed by atoms with Crippen LogP contribution in [0.5, 0.6) is 0 Å². The summed E-state index contributed by atoms with van der Waals surface area (Å²) in [6.45, 7) is 4.03. The predicted octanol–water partition coefficient (Wildman–Crippen LogP) is 3.58. The van der Waals surface area contributed by atoms with Gasteiger partial charge in [0.2, 0.25) is 15.9 Å². The average molecular weight is 741 g/mol. The van der Waals surface area contributed by atoms with Gasteiger partial charge in [0.1, 0.15) is 0 Å². The number of piperazine rings is 1. The standard InChI is InChI=1S/C32H39Cl2N5O7S2/c1-45-31(41)28-23(8-9-25-35-10-18-47-25)36-24(29(32(42)46-2)30(28)27-21(33)6-3-7-22(27)34)20-26(40)38-16-14-37(15-17-38)11-4-12-39-13-5-19-48(39,43)44/h3,6-7,10,18,30,36H,4-5,8-9,11-17,19-20H2,1-2H3. The van der Waals surface area contributed by atoms with Gasteiger partial charge in [0.15, 0.2) is 0 Å².